The number of aryl methyl sites for hydroxylation is 2. The third-order valence-electron chi connectivity index (χ3n) is 3.54. The molecule has 0 N–H and O–H groups in total. The highest BCUT2D eigenvalue weighted by Gasteiger charge is 2.24. The van der Waals surface area contributed by atoms with Crippen LogP contribution in [0.1, 0.15) is 16.4 Å². The van der Waals surface area contributed by atoms with E-state index in [0.717, 1.165) is 21.8 Å². The molecule has 2 aromatic heterocycles. The van der Waals surface area contributed by atoms with Gasteiger partial charge in [0.25, 0.3) is 0 Å². The Morgan fingerprint density at radius 2 is 1.87 bits per heavy atom. The van der Waals surface area contributed by atoms with E-state index in [9.17, 15) is 8.42 Å². The molecular weight excluding hydrogens is 330 g/mol. The fourth-order valence-corrected chi connectivity index (χ4v) is 4.54. The van der Waals surface area contributed by atoms with Crippen molar-refractivity contribution in [2.75, 3.05) is 7.05 Å². The lowest BCUT2D eigenvalue weighted by Gasteiger charge is -2.17. The lowest BCUT2D eigenvalue weighted by Crippen LogP contribution is -2.26. The zero-order valence-electron chi connectivity index (χ0n) is 13.1. The van der Waals surface area contributed by atoms with Gasteiger partial charge in [-0.25, -0.2) is 13.4 Å². The molecule has 23 heavy (non-hydrogen) atoms. The number of nitrogens with zero attached hydrogens (tertiary/aromatic N) is 3. The fraction of sp³-hybridized carbons (Fsp3) is 0.250. The lowest BCUT2D eigenvalue weighted by atomic mass is 10.2. The summed E-state index contributed by atoms with van der Waals surface area (Å²) in [5.41, 5.74) is 2.20. The summed E-state index contributed by atoms with van der Waals surface area (Å²) >= 11 is 1.46. The molecule has 0 atom stereocenters. The normalized spacial score (nSPS) is 12.2. The molecular formula is C16H17N3O2S2. The van der Waals surface area contributed by atoms with Crippen LogP contribution in [0.3, 0.4) is 0 Å². The van der Waals surface area contributed by atoms with Crippen LogP contribution in [0.4, 0.5) is 0 Å². The summed E-state index contributed by atoms with van der Waals surface area (Å²) in [6.45, 7) is 4.00. The molecule has 0 unspecified atom stereocenters. The Morgan fingerprint density at radius 1 is 1.09 bits per heavy atom. The van der Waals surface area contributed by atoms with Crippen molar-refractivity contribution in [3.8, 4) is 0 Å². The summed E-state index contributed by atoms with van der Waals surface area (Å²) in [5, 5.41) is 3.51. The first-order chi connectivity index (χ1) is 10.9. The van der Waals surface area contributed by atoms with Crippen molar-refractivity contribution < 1.29 is 8.42 Å². The zero-order valence-corrected chi connectivity index (χ0v) is 14.8. The van der Waals surface area contributed by atoms with Gasteiger partial charge >= 0.3 is 0 Å². The summed E-state index contributed by atoms with van der Waals surface area (Å²) in [4.78, 5) is 8.98. The monoisotopic (exact) mass is 347 g/mol. The van der Waals surface area contributed by atoms with Gasteiger partial charge in [0.1, 0.15) is 9.90 Å². The summed E-state index contributed by atoms with van der Waals surface area (Å²) in [7, 11) is -2.06. The quantitative estimate of drug-likeness (QED) is 0.727. The number of pyridine rings is 1. The molecule has 120 valence electrons. The first kappa shape index (κ1) is 16.0. The third kappa shape index (κ3) is 3.12. The standard InChI is InChI=1S/C16H17N3O2S2/c1-11-7-8-13-5-4-6-14(16(13)18-11)23(20,21)19(3)9-15-17-12(2)10-22-15/h4-8,10H,9H2,1-3H3. The predicted molar refractivity (Wildman–Crippen MR) is 92.0 cm³/mol. The molecule has 2 heterocycles. The van der Waals surface area contributed by atoms with E-state index in [1.165, 1.54) is 15.6 Å². The van der Waals surface area contributed by atoms with Crippen LogP contribution in [0.15, 0.2) is 40.6 Å². The second-order valence-corrected chi connectivity index (χ2v) is 8.38. The molecule has 3 aromatic rings. The molecule has 0 fully saturated rings. The Hall–Kier alpha value is -1.83. The smallest absolute Gasteiger partial charge is 0.245 e. The van der Waals surface area contributed by atoms with E-state index in [1.54, 1.807) is 19.2 Å². The minimum atomic E-state index is -3.63. The van der Waals surface area contributed by atoms with E-state index in [1.807, 2.05) is 37.4 Å². The third-order valence-corrected chi connectivity index (χ3v) is 6.32. The summed E-state index contributed by atoms with van der Waals surface area (Å²) in [6, 6.07) is 8.98. The van der Waals surface area contributed by atoms with E-state index < -0.39 is 10.0 Å². The first-order valence-corrected chi connectivity index (χ1v) is 9.43. The SMILES string of the molecule is Cc1csc(CN(C)S(=O)(=O)c2cccc3ccc(C)nc23)n1. The van der Waals surface area contributed by atoms with Crippen molar-refractivity contribution in [1.29, 1.82) is 0 Å². The van der Waals surface area contributed by atoms with Gasteiger partial charge < -0.3 is 0 Å². The number of thiazole rings is 1. The molecule has 0 spiro atoms. The average Bonchev–Trinajstić information content (AvgIpc) is 2.91. The maximum Gasteiger partial charge on any atom is 0.245 e. The number of rotatable bonds is 4. The number of aromatic nitrogens is 2. The Bertz CT molecular complexity index is 964. The van der Waals surface area contributed by atoms with Gasteiger partial charge in [0.15, 0.2) is 0 Å². The molecule has 0 aliphatic heterocycles. The van der Waals surface area contributed by atoms with Crippen LogP contribution in [-0.2, 0) is 16.6 Å². The van der Waals surface area contributed by atoms with Gasteiger partial charge in [-0.1, -0.05) is 18.2 Å². The van der Waals surface area contributed by atoms with Crippen LogP contribution in [0.25, 0.3) is 10.9 Å². The van der Waals surface area contributed by atoms with Gasteiger partial charge in [-0.3, -0.25) is 4.98 Å². The second-order valence-electron chi connectivity index (χ2n) is 5.42. The fourth-order valence-electron chi connectivity index (χ4n) is 2.34. The highest BCUT2D eigenvalue weighted by Crippen LogP contribution is 2.25. The van der Waals surface area contributed by atoms with E-state index in [-0.39, 0.29) is 11.4 Å². The minimum absolute atomic E-state index is 0.231. The van der Waals surface area contributed by atoms with Gasteiger partial charge in [-0.05, 0) is 26.0 Å². The Balaban J connectivity index is 2.03. The van der Waals surface area contributed by atoms with Gasteiger partial charge in [0, 0.05) is 29.2 Å². The highest BCUT2D eigenvalue weighted by molar-refractivity contribution is 7.89. The molecule has 3 rings (SSSR count). The molecule has 0 radical (unpaired) electrons. The average molecular weight is 347 g/mol. The maximum atomic E-state index is 12.9. The van der Waals surface area contributed by atoms with E-state index >= 15 is 0 Å². The largest absolute Gasteiger partial charge is 0.252 e. The van der Waals surface area contributed by atoms with Crippen LogP contribution in [0.2, 0.25) is 0 Å². The Morgan fingerprint density at radius 3 is 2.57 bits per heavy atom. The van der Waals surface area contributed by atoms with Crippen LogP contribution in [0, 0.1) is 13.8 Å². The Kier molecular flexibility index (Phi) is 4.18. The number of sulfonamides is 1. The second kappa shape index (κ2) is 5.99. The Labute approximate surface area is 139 Å². The van der Waals surface area contributed by atoms with E-state index in [2.05, 4.69) is 9.97 Å². The minimum Gasteiger partial charge on any atom is -0.252 e. The summed E-state index contributed by atoms with van der Waals surface area (Å²) < 4.78 is 27.2. The van der Waals surface area contributed by atoms with Crippen molar-refractivity contribution in [1.82, 2.24) is 14.3 Å². The summed E-state index contributed by atoms with van der Waals surface area (Å²) in [5.74, 6) is 0. The number of para-hydroxylation sites is 1. The van der Waals surface area contributed by atoms with Crippen LogP contribution in [-0.4, -0.2) is 29.7 Å². The number of fused-ring (bicyclic) bond motifs is 1. The van der Waals surface area contributed by atoms with Crippen LogP contribution >= 0.6 is 11.3 Å². The molecule has 0 bridgehead atoms. The number of benzene rings is 1. The van der Waals surface area contributed by atoms with Crippen molar-refractivity contribution in [3.63, 3.8) is 0 Å². The predicted octanol–water partition coefficient (Wildman–Crippen LogP) is 3.13. The van der Waals surface area contributed by atoms with Crippen molar-refractivity contribution in [3.05, 3.63) is 52.1 Å². The van der Waals surface area contributed by atoms with Crippen molar-refractivity contribution in [2.45, 2.75) is 25.3 Å². The number of hydrogen-bond donors (Lipinski definition) is 0. The van der Waals surface area contributed by atoms with Gasteiger partial charge in [-0.2, -0.15) is 4.31 Å². The van der Waals surface area contributed by atoms with E-state index in [4.69, 9.17) is 0 Å². The number of hydrogen-bond acceptors (Lipinski definition) is 5. The molecule has 5 nitrogen and oxygen atoms in total. The molecule has 0 aliphatic rings. The van der Waals surface area contributed by atoms with Gasteiger partial charge in [-0.15, -0.1) is 11.3 Å². The first-order valence-electron chi connectivity index (χ1n) is 7.11. The topological polar surface area (TPSA) is 63.2 Å². The zero-order chi connectivity index (χ0) is 16.6. The van der Waals surface area contributed by atoms with Crippen LogP contribution in [0.5, 0.6) is 0 Å². The lowest BCUT2D eigenvalue weighted by molar-refractivity contribution is 0.466. The maximum absolute atomic E-state index is 12.9. The van der Waals surface area contributed by atoms with E-state index in [0.29, 0.717) is 5.52 Å². The molecule has 7 heteroatoms. The van der Waals surface area contributed by atoms with Crippen molar-refractivity contribution >= 4 is 32.3 Å². The van der Waals surface area contributed by atoms with Gasteiger partial charge in [0.05, 0.1) is 12.1 Å². The van der Waals surface area contributed by atoms with Gasteiger partial charge in [0.2, 0.25) is 10.0 Å². The highest BCUT2D eigenvalue weighted by atomic mass is 32.2. The molecule has 0 aliphatic carbocycles. The molecule has 0 amide bonds. The summed E-state index contributed by atoms with van der Waals surface area (Å²) in [6.07, 6.45) is 0. The van der Waals surface area contributed by atoms with Crippen LogP contribution < -0.4 is 0 Å². The molecule has 1 aromatic carbocycles. The molecule has 0 saturated carbocycles. The molecule has 0 saturated heterocycles. The van der Waals surface area contributed by atoms with Crippen molar-refractivity contribution in [2.24, 2.45) is 0 Å².